The number of methoxy groups -OCH3 is 2. The number of carbonyl (C=O) groups is 2. The Bertz CT molecular complexity index is 739. The summed E-state index contributed by atoms with van der Waals surface area (Å²) in [5.41, 5.74) is 1.13. The number of carbonyl (C=O) groups excluding carboxylic acids is 2. The minimum Gasteiger partial charge on any atom is -0.481 e. The van der Waals surface area contributed by atoms with Crippen LogP contribution in [0.4, 0.5) is 5.69 Å². The molecule has 1 N–H and O–H groups in total. The summed E-state index contributed by atoms with van der Waals surface area (Å²) >= 11 is 0. The first kappa shape index (κ1) is 17.2. The van der Waals surface area contributed by atoms with Gasteiger partial charge in [-0.3, -0.25) is 9.59 Å². The van der Waals surface area contributed by atoms with E-state index in [0.717, 1.165) is 0 Å². The Labute approximate surface area is 139 Å². The Hall–Kier alpha value is -3.16. The van der Waals surface area contributed by atoms with E-state index in [1.807, 2.05) is 0 Å². The summed E-state index contributed by atoms with van der Waals surface area (Å²) in [6, 6.07) is 7.49. The predicted octanol–water partition coefficient (Wildman–Crippen LogP) is 1.23. The predicted molar refractivity (Wildman–Crippen MR) is 87.1 cm³/mol. The van der Waals surface area contributed by atoms with Crippen LogP contribution in [0.3, 0.4) is 0 Å². The fourth-order valence-electron chi connectivity index (χ4n) is 1.96. The lowest BCUT2D eigenvalue weighted by Crippen LogP contribution is -2.22. The van der Waals surface area contributed by atoms with Gasteiger partial charge in [0.1, 0.15) is 0 Å². The molecule has 0 spiro atoms. The molecule has 0 atom stereocenters. The lowest BCUT2D eigenvalue weighted by atomic mass is 10.0. The van der Waals surface area contributed by atoms with Gasteiger partial charge in [-0.1, -0.05) is 0 Å². The standard InChI is InChI=1S/C16H17N4O4/c1-20(2)16(22)11-6-5-10(17-9-21)7-12(11)15-18-13(23-3)8-14(19-15)24-4/h5,7-9H,1-4H3,(H,17,21). The van der Waals surface area contributed by atoms with Crippen molar-refractivity contribution < 1.29 is 19.1 Å². The SMILES string of the molecule is COc1cc(OC)nc(-c2cc(NC=O)c[c]c2C(=O)N(C)C)n1. The minimum absolute atomic E-state index is 0.224. The van der Waals surface area contributed by atoms with Crippen LogP contribution in [0.2, 0.25) is 0 Å². The normalized spacial score (nSPS) is 10.0. The summed E-state index contributed by atoms with van der Waals surface area (Å²) < 4.78 is 10.3. The van der Waals surface area contributed by atoms with Crippen molar-refractivity contribution in [3.63, 3.8) is 0 Å². The lowest BCUT2D eigenvalue weighted by Gasteiger charge is -2.15. The molecule has 2 amide bonds. The third kappa shape index (κ3) is 3.60. The van der Waals surface area contributed by atoms with E-state index < -0.39 is 0 Å². The summed E-state index contributed by atoms with van der Waals surface area (Å²) in [5, 5.41) is 2.52. The molecule has 0 aliphatic heterocycles. The van der Waals surface area contributed by atoms with Gasteiger partial charge in [0.05, 0.1) is 25.8 Å². The zero-order chi connectivity index (χ0) is 17.7. The van der Waals surface area contributed by atoms with Gasteiger partial charge in [-0.05, 0) is 18.2 Å². The Morgan fingerprint density at radius 1 is 1.21 bits per heavy atom. The van der Waals surface area contributed by atoms with Gasteiger partial charge >= 0.3 is 0 Å². The summed E-state index contributed by atoms with van der Waals surface area (Å²) in [6.45, 7) is 0. The van der Waals surface area contributed by atoms with E-state index in [1.54, 1.807) is 20.2 Å². The summed E-state index contributed by atoms with van der Waals surface area (Å²) in [6.07, 6.45) is 0.535. The molecule has 1 aromatic carbocycles. The Kier molecular flexibility index (Phi) is 5.31. The van der Waals surface area contributed by atoms with Crippen LogP contribution in [0.5, 0.6) is 11.8 Å². The third-order valence-electron chi connectivity index (χ3n) is 3.13. The monoisotopic (exact) mass is 329 g/mol. The van der Waals surface area contributed by atoms with Gasteiger partial charge in [0.25, 0.3) is 5.91 Å². The highest BCUT2D eigenvalue weighted by atomic mass is 16.5. The lowest BCUT2D eigenvalue weighted by molar-refractivity contribution is -0.105. The van der Waals surface area contributed by atoms with Crippen LogP contribution in [0.25, 0.3) is 11.4 Å². The van der Waals surface area contributed by atoms with Gasteiger partial charge in [0.15, 0.2) is 5.82 Å². The average Bonchev–Trinajstić information content (AvgIpc) is 2.60. The van der Waals surface area contributed by atoms with Gasteiger partial charge in [0.2, 0.25) is 18.2 Å². The molecule has 125 valence electrons. The molecular formula is C16H17N4O4. The van der Waals surface area contributed by atoms with E-state index in [-0.39, 0.29) is 29.1 Å². The number of hydrogen-bond acceptors (Lipinski definition) is 6. The van der Waals surface area contributed by atoms with Crippen molar-refractivity contribution >= 4 is 18.0 Å². The fraction of sp³-hybridized carbons (Fsp3) is 0.250. The highest BCUT2D eigenvalue weighted by Gasteiger charge is 2.19. The Balaban J connectivity index is 2.67. The Morgan fingerprint density at radius 3 is 2.33 bits per heavy atom. The van der Waals surface area contributed by atoms with Gasteiger partial charge in [0, 0.05) is 25.3 Å². The molecule has 8 heteroatoms. The largest absolute Gasteiger partial charge is 0.481 e. The van der Waals surface area contributed by atoms with E-state index >= 15 is 0 Å². The fourth-order valence-corrected chi connectivity index (χ4v) is 1.96. The molecule has 24 heavy (non-hydrogen) atoms. The number of hydrogen-bond donors (Lipinski definition) is 1. The highest BCUT2D eigenvalue weighted by Crippen LogP contribution is 2.28. The minimum atomic E-state index is -0.270. The van der Waals surface area contributed by atoms with Gasteiger partial charge in [-0.25, -0.2) is 0 Å². The first-order chi connectivity index (χ1) is 11.5. The van der Waals surface area contributed by atoms with Crippen molar-refractivity contribution in [2.75, 3.05) is 33.6 Å². The molecule has 0 aliphatic rings. The molecule has 0 unspecified atom stereocenters. The zero-order valence-corrected chi connectivity index (χ0v) is 13.8. The maximum atomic E-state index is 12.4. The van der Waals surface area contributed by atoms with Crippen molar-refractivity contribution in [1.29, 1.82) is 0 Å². The number of nitrogens with one attached hydrogen (secondary N) is 1. The third-order valence-corrected chi connectivity index (χ3v) is 3.13. The van der Waals surface area contributed by atoms with E-state index in [4.69, 9.17) is 9.47 Å². The van der Waals surface area contributed by atoms with Gasteiger partial charge < -0.3 is 19.7 Å². The van der Waals surface area contributed by atoms with Crippen molar-refractivity contribution in [2.24, 2.45) is 0 Å². The molecule has 1 aromatic heterocycles. The molecule has 8 nitrogen and oxygen atoms in total. The van der Waals surface area contributed by atoms with E-state index in [0.29, 0.717) is 17.7 Å². The van der Waals surface area contributed by atoms with Crippen LogP contribution >= 0.6 is 0 Å². The van der Waals surface area contributed by atoms with Crippen molar-refractivity contribution in [3.8, 4) is 23.1 Å². The Morgan fingerprint density at radius 2 is 1.83 bits per heavy atom. The number of amides is 2. The highest BCUT2D eigenvalue weighted by molar-refractivity contribution is 6.00. The van der Waals surface area contributed by atoms with Crippen molar-refractivity contribution in [1.82, 2.24) is 14.9 Å². The average molecular weight is 329 g/mol. The molecule has 0 bridgehead atoms. The van der Waals surface area contributed by atoms with Crippen LogP contribution in [-0.2, 0) is 4.79 Å². The van der Waals surface area contributed by atoms with Crippen LogP contribution < -0.4 is 14.8 Å². The van der Waals surface area contributed by atoms with Crippen LogP contribution in [0.15, 0.2) is 18.2 Å². The van der Waals surface area contributed by atoms with Crippen LogP contribution in [-0.4, -0.2) is 55.5 Å². The number of ether oxygens (including phenoxy) is 2. The zero-order valence-electron chi connectivity index (χ0n) is 13.8. The van der Waals surface area contributed by atoms with Crippen LogP contribution in [0, 0.1) is 6.07 Å². The number of rotatable bonds is 6. The van der Waals surface area contributed by atoms with Gasteiger partial charge in [-0.2, -0.15) is 9.97 Å². The molecule has 2 rings (SSSR count). The molecular weight excluding hydrogens is 312 g/mol. The summed E-state index contributed by atoms with van der Waals surface area (Å²) in [4.78, 5) is 33.0. The molecule has 0 saturated heterocycles. The van der Waals surface area contributed by atoms with Crippen molar-refractivity contribution in [3.05, 3.63) is 29.8 Å². The maximum absolute atomic E-state index is 12.4. The summed E-state index contributed by atoms with van der Waals surface area (Å²) in [7, 11) is 6.19. The quantitative estimate of drug-likeness (QED) is 0.801. The van der Waals surface area contributed by atoms with E-state index in [1.165, 1.54) is 31.3 Å². The van der Waals surface area contributed by atoms with Crippen molar-refractivity contribution in [2.45, 2.75) is 0 Å². The first-order valence-corrected chi connectivity index (χ1v) is 6.95. The topological polar surface area (TPSA) is 93.7 Å². The second-order valence-corrected chi connectivity index (χ2v) is 4.92. The van der Waals surface area contributed by atoms with Crippen LogP contribution in [0.1, 0.15) is 10.4 Å². The summed E-state index contributed by atoms with van der Waals surface area (Å²) in [5.74, 6) is 0.526. The second-order valence-electron chi connectivity index (χ2n) is 4.92. The molecule has 1 radical (unpaired) electrons. The number of benzene rings is 1. The molecule has 2 aromatic rings. The molecule has 0 fully saturated rings. The van der Waals surface area contributed by atoms with E-state index in [2.05, 4.69) is 21.4 Å². The first-order valence-electron chi connectivity index (χ1n) is 6.95. The molecule has 0 aliphatic carbocycles. The molecule has 1 heterocycles. The maximum Gasteiger partial charge on any atom is 0.254 e. The molecule has 0 saturated carbocycles. The number of aromatic nitrogens is 2. The van der Waals surface area contributed by atoms with Gasteiger partial charge in [-0.15, -0.1) is 0 Å². The smallest absolute Gasteiger partial charge is 0.254 e. The number of nitrogens with zero attached hydrogens (tertiary/aromatic N) is 3. The van der Waals surface area contributed by atoms with E-state index in [9.17, 15) is 9.59 Å². The second kappa shape index (κ2) is 7.40. The number of anilines is 1.